The molecule has 1 heterocycles. The number of morpholine rings is 1. The molecule has 1 fully saturated rings. The second kappa shape index (κ2) is 7.22. The predicted octanol–water partition coefficient (Wildman–Crippen LogP) is 1.08. The van der Waals surface area contributed by atoms with E-state index in [0.29, 0.717) is 18.7 Å². The summed E-state index contributed by atoms with van der Waals surface area (Å²) in [6, 6.07) is 4.38. The standard InChI is InChI=1S/C15H18FNO5/c1-21-13-3-2-10(6-12(13)16)7-14(18)17-4-5-22-11(9-17)8-15(19)20/h2-3,6,11H,4-5,7-9H2,1H3,(H,19,20)/t11-/m1/s1. The SMILES string of the molecule is COc1ccc(CC(=O)N2CCO[C@H](CC(=O)O)C2)cc1F. The van der Waals surface area contributed by atoms with Gasteiger partial charge in [-0.25, -0.2) is 4.39 Å². The molecular formula is C15H18FNO5. The predicted molar refractivity (Wildman–Crippen MR) is 75.2 cm³/mol. The topological polar surface area (TPSA) is 76.1 Å². The molecule has 0 saturated carbocycles. The van der Waals surface area contributed by atoms with E-state index >= 15 is 0 Å². The van der Waals surface area contributed by atoms with Crippen molar-refractivity contribution >= 4 is 11.9 Å². The Morgan fingerprint density at radius 2 is 2.27 bits per heavy atom. The molecule has 1 aliphatic heterocycles. The van der Waals surface area contributed by atoms with Crippen LogP contribution in [0.3, 0.4) is 0 Å². The van der Waals surface area contributed by atoms with Gasteiger partial charge in [-0.15, -0.1) is 0 Å². The van der Waals surface area contributed by atoms with Crippen LogP contribution >= 0.6 is 0 Å². The molecule has 0 aromatic heterocycles. The molecule has 0 unspecified atom stereocenters. The third-order valence-corrected chi connectivity index (χ3v) is 3.47. The monoisotopic (exact) mass is 311 g/mol. The van der Waals surface area contributed by atoms with Crippen molar-refractivity contribution in [3.63, 3.8) is 0 Å². The molecule has 1 saturated heterocycles. The van der Waals surface area contributed by atoms with Gasteiger partial charge in [-0.2, -0.15) is 0 Å². The molecule has 1 atom stereocenters. The van der Waals surface area contributed by atoms with Gasteiger partial charge < -0.3 is 19.5 Å². The van der Waals surface area contributed by atoms with Crippen LogP contribution in [-0.4, -0.2) is 54.8 Å². The first kappa shape index (κ1) is 16.2. The summed E-state index contributed by atoms with van der Waals surface area (Å²) in [5.74, 6) is -1.53. The van der Waals surface area contributed by atoms with Gasteiger partial charge in [0.1, 0.15) is 0 Å². The lowest BCUT2D eigenvalue weighted by molar-refractivity contribution is -0.147. The summed E-state index contributed by atoms with van der Waals surface area (Å²) in [6.07, 6.45) is -0.579. The van der Waals surface area contributed by atoms with E-state index in [0.717, 1.165) is 0 Å². The smallest absolute Gasteiger partial charge is 0.306 e. The maximum Gasteiger partial charge on any atom is 0.306 e. The van der Waals surface area contributed by atoms with Crippen molar-refractivity contribution in [1.29, 1.82) is 0 Å². The number of amides is 1. The highest BCUT2D eigenvalue weighted by Crippen LogP contribution is 2.19. The van der Waals surface area contributed by atoms with Crippen molar-refractivity contribution in [3.05, 3.63) is 29.6 Å². The molecule has 7 heteroatoms. The van der Waals surface area contributed by atoms with Gasteiger partial charge >= 0.3 is 5.97 Å². The number of carbonyl (C=O) groups excluding carboxylic acids is 1. The quantitative estimate of drug-likeness (QED) is 0.880. The van der Waals surface area contributed by atoms with Crippen molar-refractivity contribution in [2.24, 2.45) is 0 Å². The van der Waals surface area contributed by atoms with Gasteiger partial charge in [0.15, 0.2) is 11.6 Å². The molecule has 1 amide bonds. The van der Waals surface area contributed by atoms with Gasteiger partial charge in [0.25, 0.3) is 0 Å². The lowest BCUT2D eigenvalue weighted by Gasteiger charge is -2.32. The average molecular weight is 311 g/mol. The fourth-order valence-electron chi connectivity index (χ4n) is 2.37. The maximum atomic E-state index is 13.6. The maximum absolute atomic E-state index is 13.6. The number of hydrogen-bond acceptors (Lipinski definition) is 4. The van der Waals surface area contributed by atoms with E-state index in [1.165, 1.54) is 19.2 Å². The van der Waals surface area contributed by atoms with Gasteiger partial charge in [-0.1, -0.05) is 6.07 Å². The van der Waals surface area contributed by atoms with Gasteiger partial charge in [-0.05, 0) is 17.7 Å². The Labute approximate surface area is 127 Å². The third-order valence-electron chi connectivity index (χ3n) is 3.47. The zero-order valence-corrected chi connectivity index (χ0v) is 12.3. The van der Waals surface area contributed by atoms with Crippen LogP contribution in [0.1, 0.15) is 12.0 Å². The Hall–Kier alpha value is -2.15. The molecule has 0 radical (unpaired) electrons. The third kappa shape index (κ3) is 4.17. The molecular weight excluding hydrogens is 293 g/mol. The van der Waals surface area contributed by atoms with Crippen LogP contribution in [0.2, 0.25) is 0 Å². The number of halogens is 1. The van der Waals surface area contributed by atoms with E-state index in [4.69, 9.17) is 14.6 Å². The number of benzene rings is 1. The van der Waals surface area contributed by atoms with Crippen LogP contribution < -0.4 is 4.74 Å². The molecule has 22 heavy (non-hydrogen) atoms. The second-order valence-electron chi connectivity index (χ2n) is 5.08. The largest absolute Gasteiger partial charge is 0.494 e. The molecule has 1 N–H and O–H groups in total. The van der Waals surface area contributed by atoms with E-state index in [1.807, 2.05) is 0 Å². The number of rotatable bonds is 5. The highest BCUT2D eigenvalue weighted by Gasteiger charge is 2.26. The van der Waals surface area contributed by atoms with Crippen molar-refractivity contribution in [1.82, 2.24) is 4.90 Å². The van der Waals surface area contributed by atoms with Crippen LogP contribution in [0.25, 0.3) is 0 Å². The Balaban J connectivity index is 1.96. The van der Waals surface area contributed by atoms with Gasteiger partial charge in [0.05, 0.1) is 32.7 Å². The fourth-order valence-corrected chi connectivity index (χ4v) is 2.37. The van der Waals surface area contributed by atoms with E-state index < -0.39 is 17.9 Å². The van der Waals surface area contributed by atoms with Crippen LogP contribution in [0.15, 0.2) is 18.2 Å². The minimum absolute atomic E-state index is 0.0563. The van der Waals surface area contributed by atoms with E-state index in [9.17, 15) is 14.0 Å². The van der Waals surface area contributed by atoms with E-state index in [-0.39, 0.29) is 31.0 Å². The number of ether oxygens (including phenoxy) is 2. The zero-order valence-electron chi connectivity index (χ0n) is 12.3. The summed E-state index contributed by atoms with van der Waals surface area (Å²) in [4.78, 5) is 24.5. The number of carbonyl (C=O) groups is 2. The highest BCUT2D eigenvalue weighted by molar-refractivity contribution is 5.79. The summed E-state index contributed by atoms with van der Waals surface area (Å²) in [5.41, 5.74) is 0.546. The molecule has 120 valence electrons. The molecule has 2 rings (SSSR count). The van der Waals surface area contributed by atoms with Crippen molar-refractivity contribution in [3.8, 4) is 5.75 Å². The summed E-state index contributed by atoms with van der Waals surface area (Å²) in [5, 5.41) is 8.77. The van der Waals surface area contributed by atoms with Gasteiger partial charge in [-0.3, -0.25) is 9.59 Å². The Bertz CT molecular complexity index is 563. The number of aliphatic carboxylic acids is 1. The molecule has 0 spiro atoms. The number of carboxylic acids is 1. The van der Waals surface area contributed by atoms with Crippen molar-refractivity contribution in [2.45, 2.75) is 18.9 Å². The molecule has 1 aromatic carbocycles. The minimum atomic E-state index is -0.962. The number of nitrogens with zero attached hydrogens (tertiary/aromatic N) is 1. The first-order valence-electron chi connectivity index (χ1n) is 6.93. The van der Waals surface area contributed by atoms with Gasteiger partial charge in [0, 0.05) is 13.1 Å². The summed E-state index contributed by atoms with van der Waals surface area (Å²) < 4.78 is 23.8. The fraction of sp³-hybridized carbons (Fsp3) is 0.467. The Kier molecular flexibility index (Phi) is 5.32. The number of hydrogen-bond donors (Lipinski definition) is 1. The molecule has 0 aliphatic carbocycles. The molecule has 1 aromatic rings. The summed E-state index contributed by atoms with van der Waals surface area (Å²) in [6.45, 7) is 0.956. The normalized spacial score (nSPS) is 18.1. The second-order valence-corrected chi connectivity index (χ2v) is 5.08. The van der Waals surface area contributed by atoms with Crippen molar-refractivity contribution < 1.29 is 28.6 Å². The molecule has 6 nitrogen and oxygen atoms in total. The summed E-state index contributed by atoms with van der Waals surface area (Å²) >= 11 is 0. The van der Waals surface area contributed by atoms with Gasteiger partial charge in [0.2, 0.25) is 5.91 Å². The number of carboxylic acid groups (broad SMARTS) is 1. The first-order chi connectivity index (χ1) is 10.5. The lowest BCUT2D eigenvalue weighted by Crippen LogP contribution is -2.46. The minimum Gasteiger partial charge on any atom is -0.494 e. The highest BCUT2D eigenvalue weighted by atomic mass is 19.1. The molecule has 1 aliphatic rings. The van der Waals surface area contributed by atoms with Crippen LogP contribution in [0.4, 0.5) is 4.39 Å². The number of methoxy groups -OCH3 is 1. The zero-order chi connectivity index (χ0) is 16.1. The summed E-state index contributed by atoms with van der Waals surface area (Å²) in [7, 11) is 1.37. The van der Waals surface area contributed by atoms with E-state index in [1.54, 1.807) is 11.0 Å². The average Bonchev–Trinajstić information content (AvgIpc) is 2.47. The van der Waals surface area contributed by atoms with Crippen molar-refractivity contribution in [2.75, 3.05) is 26.8 Å². The van der Waals surface area contributed by atoms with Crippen LogP contribution in [0.5, 0.6) is 5.75 Å². The van der Waals surface area contributed by atoms with Crippen LogP contribution in [0, 0.1) is 5.82 Å². The Morgan fingerprint density at radius 1 is 1.50 bits per heavy atom. The van der Waals surface area contributed by atoms with E-state index in [2.05, 4.69) is 0 Å². The van der Waals surface area contributed by atoms with Crippen LogP contribution in [-0.2, 0) is 20.7 Å². The Morgan fingerprint density at radius 3 is 2.91 bits per heavy atom. The molecule has 0 bridgehead atoms. The first-order valence-corrected chi connectivity index (χ1v) is 6.93. The lowest BCUT2D eigenvalue weighted by atomic mass is 10.1.